The van der Waals surface area contributed by atoms with Crippen molar-refractivity contribution in [3.05, 3.63) is 35.9 Å². The largest absolute Gasteiger partial charge is 0.293 e. The van der Waals surface area contributed by atoms with Gasteiger partial charge < -0.3 is 0 Å². The van der Waals surface area contributed by atoms with Crippen molar-refractivity contribution < 1.29 is 4.79 Å². The quantitative estimate of drug-likeness (QED) is 0.444. The van der Waals surface area contributed by atoms with Crippen LogP contribution in [-0.4, -0.2) is 23.9 Å². The molecule has 0 fully saturated rings. The van der Waals surface area contributed by atoms with Crippen LogP contribution in [0.25, 0.3) is 0 Å². The molecule has 0 saturated heterocycles. The Labute approximate surface area is 96.4 Å². The minimum atomic E-state index is -0.304. The van der Waals surface area contributed by atoms with E-state index in [1.165, 1.54) is 0 Å². The van der Waals surface area contributed by atoms with Gasteiger partial charge in [-0.2, -0.15) is 0 Å². The second-order valence-corrected chi connectivity index (χ2v) is 3.54. The lowest BCUT2D eigenvalue weighted by molar-refractivity contribution is -0.126. The Balaban J connectivity index is 3.00. The molecule has 0 radical (unpaired) electrons. The summed E-state index contributed by atoms with van der Waals surface area (Å²) in [6, 6.07) is 9.37. The van der Waals surface area contributed by atoms with Crippen molar-refractivity contribution in [2.45, 2.75) is 19.9 Å². The molecule has 0 aliphatic rings. The summed E-state index contributed by atoms with van der Waals surface area (Å²) in [6.45, 7) is 5.68. The first kappa shape index (κ1) is 12.7. The Morgan fingerprint density at radius 3 is 2.31 bits per heavy atom. The topological polar surface area (TPSA) is 58.4 Å². The van der Waals surface area contributed by atoms with Gasteiger partial charge in [0, 0.05) is 0 Å². The van der Waals surface area contributed by atoms with Crippen LogP contribution in [0.1, 0.15) is 25.5 Å². The number of nitrogens with two attached hydrogens (primary N) is 1. The van der Waals surface area contributed by atoms with Crippen molar-refractivity contribution in [2.75, 3.05) is 13.1 Å². The van der Waals surface area contributed by atoms with Gasteiger partial charge in [0.15, 0.2) is 0 Å². The molecule has 1 amide bonds. The molecule has 0 aliphatic carbocycles. The molecule has 1 aromatic carbocycles. The first-order valence-electron chi connectivity index (χ1n) is 5.54. The molecule has 4 nitrogen and oxygen atoms in total. The van der Waals surface area contributed by atoms with Gasteiger partial charge in [-0.25, -0.2) is 5.84 Å². The van der Waals surface area contributed by atoms with Crippen LogP contribution < -0.4 is 11.3 Å². The molecular formula is C12H19N3O. The van der Waals surface area contributed by atoms with Crippen LogP contribution in [0.3, 0.4) is 0 Å². The fourth-order valence-corrected chi connectivity index (χ4v) is 1.83. The van der Waals surface area contributed by atoms with E-state index in [0.29, 0.717) is 0 Å². The average molecular weight is 221 g/mol. The van der Waals surface area contributed by atoms with Crippen LogP contribution in [0, 0.1) is 0 Å². The Kier molecular flexibility index (Phi) is 4.95. The zero-order chi connectivity index (χ0) is 12.0. The lowest BCUT2D eigenvalue weighted by Crippen LogP contribution is -2.43. The summed E-state index contributed by atoms with van der Waals surface area (Å²) in [7, 11) is 0. The van der Waals surface area contributed by atoms with Gasteiger partial charge in [-0.05, 0) is 18.7 Å². The molecule has 0 spiro atoms. The number of nitrogens with one attached hydrogen (secondary N) is 1. The first-order valence-corrected chi connectivity index (χ1v) is 5.54. The van der Waals surface area contributed by atoms with E-state index in [1.807, 2.05) is 44.2 Å². The maximum Gasteiger partial charge on any atom is 0.255 e. The molecule has 0 bridgehead atoms. The van der Waals surface area contributed by atoms with Gasteiger partial charge in [0.1, 0.15) is 6.04 Å². The summed E-state index contributed by atoms with van der Waals surface area (Å²) in [6.07, 6.45) is 0. The van der Waals surface area contributed by atoms with Crippen molar-refractivity contribution in [1.29, 1.82) is 0 Å². The van der Waals surface area contributed by atoms with Crippen LogP contribution in [0.2, 0.25) is 0 Å². The molecule has 1 rings (SSSR count). The van der Waals surface area contributed by atoms with Crippen molar-refractivity contribution in [1.82, 2.24) is 10.3 Å². The maximum atomic E-state index is 11.8. The van der Waals surface area contributed by atoms with E-state index >= 15 is 0 Å². The number of rotatable bonds is 5. The molecule has 3 N–H and O–H groups in total. The Morgan fingerprint density at radius 1 is 1.31 bits per heavy atom. The van der Waals surface area contributed by atoms with Gasteiger partial charge >= 0.3 is 0 Å². The van der Waals surface area contributed by atoms with Gasteiger partial charge in [0.25, 0.3) is 5.91 Å². The molecular weight excluding hydrogens is 202 g/mol. The normalized spacial score (nSPS) is 12.5. The minimum absolute atomic E-state index is 0.171. The summed E-state index contributed by atoms with van der Waals surface area (Å²) < 4.78 is 0. The second-order valence-electron chi connectivity index (χ2n) is 3.54. The first-order chi connectivity index (χ1) is 7.74. The van der Waals surface area contributed by atoms with Crippen LogP contribution in [0.5, 0.6) is 0 Å². The number of carbonyl (C=O) groups is 1. The third-order valence-corrected chi connectivity index (χ3v) is 2.68. The zero-order valence-corrected chi connectivity index (χ0v) is 9.81. The Hall–Kier alpha value is -1.39. The number of hydrogen-bond acceptors (Lipinski definition) is 3. The van der Waals surface area contributed by atoms with E-state index in [0.717, 1.165) is 18.7 Å². The van der Waals surface area contributed by atoms with Crippen molar-refractivity contribution in [2.24, 2.45) is 5.84 Å². The highest BCUT2D eigenvalue weighted by atomic mass is 16.2. The van der Waals surface area contributed by atoms with Gasteiger partial charge in [-0.3, -0.25) is 15.1 Å². The summed E-state index contributed by atoms with van der Waals surface area (Å²) in [5.41, 5.74) is 3.20. The molecule has 0 aliphatic heterocycles. The lowest BCUT2D eigenvalue weighted by Gasteiger charge is -2.28. The van der Waals surface area contributed by atoms with Crippen molar-refractivity contribution in [3.63, 3.8) is 0 Å². The molecule has 0 heterocycles. The molecule has 1 unspecified atom stereocenters. The lowest BCUT2D eigenvalue weighted by atomic mass is 10.0. The molecule has 1 atom stereocenters. The fourth-order valence-electron chi connectivity index (χ4n) is 1.83. The number of hydrogen-bond donors (Lipinski definition) is 2. The van der Waals surface area contributed by atoms with Gasteiger partial charge in [-0.1, -0.05) is 44.2 Å². The molecule has 1 aromatic rings. The van der Waals surface area contributed by atoms with E-state index in [-0.39, 0.29) is 11.9 Å². The van der Waals surface area contributed by atoms with Crippen molar-refractivity contribution in [3.8, 4) is 0 Å². The molecule has 16 heavy (non-hydrogen) atoms. The highest BCUT2D eigenvalue weighted by Crippen LogP contribution is 2.19. The standard InChI is InChI=1S/C12H19N3O/c1-3-15(4-2)11(12(16)14-13)10-8-6-5-7-9-10/h5-9,11H,3-4,13H2,1-2H3,(H,14,16). The highest BCUT2D eigenvalue weighted by Gasteiger charge is 2.24. The third-order valence-electron chi connectivity index (χ3n) is 2.68. The molecule has 0 saturated carbocycles. The molecule has 4 heteroatoms. The minimum Gasteiger partial charge on any atom is -0.293 e. The Bertz CT molecular complexity index is 322. The zero-order valence-electron chi connectivity index (χ0n) is 9.81. The van der Waals surface area contributed by atoms with E-state index in [1.54, 1.807) is 0 Å². The monoisotopic (exact) mass is 221 g/mol. The number of likely N-dealkylation sites (N-methyl/N-ethyl adjacent to an activating group) is 1. The number of hydrazine groups is 1. The summed E-state index contributed by atoms with van der Waals surface area (Å²) >= 11 is 0. The number of nitrogens with zero attached hydrogens (tertiary/aromatic N) is 1. The fraction of sp³-hybridized carbons (Fsp3) is 0.417. The van der Waals surface area contributed by atoms with E-state index in [9.17, 15) is 4.79 Å². The molecule has 88 valence electrons. The van der Waals surface area contributed by atoms with Crippen LogP contribution >= 0.6 is 0 Å². The van der Waals surface area contributed by atoms with E-state index in [4.69, 9.17) is 5.84 Å². The van der Waals surface area contributed by atoms with Gasteiger partial charge in [-0.15, -0.1) is 0 Å². The van der Waals surface area contributed by atoms with Gasteiger partial charge in [0.05, 0.1) is 0 Å². The summed E-state index contributed by atoms with van der Waals surface area (Å²) in [5, 5.41) is 0. The maximum absolute atomic E-state index is 11.8. The van der Waals surface area contributed by atoms with E-state index in [2.05, 4.69) is 10.3 Å². The summed E-state index contributed by atoms with van der Waals surface area (Å²) in [5.74, 6) is 5.06. The number of carbonyl (C=O) groups excluding carboxylic acids is 1. The predicted molar refractivity (Wildman–Crippen MR) is 64.4 cm³/mol. The smallest absolute Gasteiger partial charge is 0.255 e. The SMILES string of the molecule is CCN(CC)C(C(=O)NN)c1ccccc1. The van der Waals surface area contributed by atoms with Gasteiger partial charge in [0.2, 0.25) is 0 Å². The van der Waals surface area contributed by atoms with Crippen molar-refractivity contribution >= 4 is 5.91 Å². The van der Waals surface area contributed by atoms with Crippen LogP contribution in [0.15, 0.2) is 30.3 Å². The highest BCUT2D eigenvalue weighted by molar-refractivity contribution is 5.82. The Morgan fingerprint density at radius 2 is 1.88 bits per heavy atom. The third kappa shape index (κ3) is 2.81. The average Bonchev–Trinajstić information content (AvgIpc) is 2.36. The van der Waals surface area contributed by atoms with Crippen LogP contribution in [-0.2, 0) is 4.79 Å². The number of amides is 1. The summed E-state index contributed by atoms with van der Waals surface area (Å²) in [4.78, 5) is 13.9. The second kappa shape index (κ2) is 6.25. The van der Waals surface area contributed by atoms with Crippen LogP contribution in [0.4, 0.5) is 0 Å². The predicted octanol–water partition coefficient (Wildman–Crippen LogP) is 1.06. The number of benzene rings is 1. The van der Waals surface area contributed by atoms with E-state index < -0.39 is 0 Å². The molecule has 0 aromatic heterocycles.